The average Bonchev–Trinajstić information content (AvgIpc) is 3.05. The lowest BCUT2D eigenvalue weighted by Crippen LogP contribution is -2.30. The first kappa shape index (κ1) is 19.3. The van der Waals surface area contributed by atoms with Gasteiger partial charge < -0.3 is 15.2 Å². The Morgan fingerprint density at radius 3 is 2.30 bits per heavy atom. The summed E-state index contributed by atoms with van der Waals surface area (Å²) >= 11 is 0. The Morgan fingerprint density at radius 1 is 1.11 bits per heavy atom. The first-order chi connectivity index (χ1) is 12.9. The molecule has 1 heterocycles. The standard InChI is InChI=1S/C19H19F3N2O3/c20-19(21,22)27-16-7-3-14(4-8-16)10-24-11-17(26-18(24)12-25)15-5-1-13(9-23)2-6-15/h1-8,12,17-18H,9-11,23H2. The molecule has 8 heteroatoms. The summed E-state index contributed by atoms with van der Waals surface area (Å²) in [4.78, 5) is 13.2. The zero-order chi connectivity index (χ0) is 19.4. The normalized spacial score (nSPS) is 20.6. The first-order valence-electron chi connectivity index (χ1n) is 8.36. The maximum Gasteiger partial charge on any atom is 0.573 e. The van der Waals surface area contributed by atoms with E-state index in [9.17, 15) is 18.0 Å². The number of rotatable bonds is 6. The Balaban J connectivity index is 1.66. The topological polar surface area (TPSA) is 64.8 Å². The molecule has 2 N–H and O–H groups in total. The summed E-state index contributed by atoms with van der Waals surface area (Å²) in [5, 5.41) is 0. The number of nitrogens with zero attached hydrogens (tertiary/aromatic N) is 1. The molecule has 1 saturated heterocycles. The minimum atomic E-state index is -4.72. The van der Waals surface area contributed by atoms with Crippen molar-refractivity contribution in [1.82, 2.24) is 4.90 Å². The second-order valence-electron chi connectivity index (χ2n) is 6.22. The molecule has 1 fully saturated rings. The van der Waals surface area contributed by atoms with Crippen molar-refractivity contribution in [3.8, 4) is 5.75 Å². The third kappa shape index (κ3) is 5.06. The molecule has 1 aliphatic heterocycles. The molecular weight excluding hydrogens is 361 g/mol. The highest BCUT2D eigenvalue weighted by Crippen LogP contribution is 2.30. The predicted octanol–water partition coefficient (Wildman–Crippen LogP) is 3.14. The second kappa shape index (κ2) is 8.08. The molecule has 27 heavy (non-hydrogen) atoms. The van der Waals surface area contributed by atoms with Crippen molar-refractivity contribution in [3.05, 3.63) is 65.2 Å². The van der Waals surface area contributed by atoms with Crippen LogP contribution < -0.4 is 10.5 Å². The van der Waals surface area contributed by atoms with E-state index in [4.69, 9.17) is 10.5 Å². The molecule has 5 nitrogen and oxygen atoms in total. The van der Waals surface area contributed by atoms with Gasteiger partial charge in [-0.15, -0.1) is 13.2 Å². The Labute approximate surface area is 154 Å². The van der Waals surface area contributed by atoms with Gasteiger partial charge in [0, 0.05) is 19.6 Å². The average molecular weight is 380 g/mol. The number of aldehydes is 1. The summed E-state index contributed by atoms with van der Waals surface area (Å²) in [6.07, 6.45) is -4.98. The number of hydrogen-bond donors (Lipinski definition) is 1. The van der Waals surface area contributed by atoms with Crippen LogP contribution in [-0.4, -0.2) is 30.3 Å². The number of carbonyl (C=O) groups is 1. The SMILES string of the molecule is NCc1ccc(C2CN(Cc3ccc(OC(F)(F)F)cc3)C(C=O)O2)cc1. The Bertz CT molecular complexity index is 763. The zero-order valence-electron chi connectivity index (χ0n) is 14.4. The molecule has 0 amide bonds. The van der Waals surface area contributed by atoms with Crippen molar-refractivity contribution in [2.24, 2.45) is 5.73 Å². The predicted molar refractivity (Wildman–Crippen MR) is 91.5 cm³/mol. The van der Waals surface area contributed by atoms with E-state index in [0.717, 1.165) is 23.0 Å². The van der Waals surface area contributed by atoms with E-state index in [-0.39, 0.29) is 11.9 Å². The summed E-state index contributed by atoms with van der Waals surface area (Å²) in [7, 11) is 0. The maximum atomic E-state index is 12.2. The van der Waals surface area contributed by atoms with Crippen LogP contribution in [0.25, 0.3) is 0 Å². The van der Waals surface area contributed by atoms with Crippen molar-refractivity contribution in [2.75, 3.05) is 6.54 Å². The van der Waals surface area contributed by atoms with Gasteiger partial charge in [-0.2, -0.15) is 0 Å². The molecule has 3 rings (SSSR count). The molecule has 0 bridgehead atoms. The van der Waals surface area contributed by atoms with Gasteiger partial charge in [0.15, 0.2) is 12.5 Å². The third-order valence-electron chi connectivity index (χ3n) is 4.31. The van der Waals surface area contributed by atoms with Gasteiger partial charge in [0.05, 0.1) is 6.10 Å². The Kier molecular flexibility index (Phi) is 5.79. The van der Waals surface area contributed by atoms with Crippen LogP contribution in [0.1, 0.15) is 22.8 Å². The van der Waals surface area contributed by atoms with Crippen molar-refractivity contribution < 1.29 is 27.4 Å². The molecule has 0 aromatic heterocycles. The molecule has 144 valence electrons. The van der Waals surface area contributed by atoms with E-state index in [1.54, 1.807) is 0 Å². The second-order valence-corrected chi connectivity index (χ2v) is 6.22. The number of alkyl halides is 3. The van der Waals surface area contributed by atoms with Crippen molar-refractivity contribution in [2.45, 2.75) is 31.8 Å². The van der Waals surface area contributed by atoms with Gasteiger partial charge in [-0.05, 0) is 28.8 Å². The zero-order valence-corrected chi connectivity index (χ0v) is 14.4. The smallest absolute Gasteiger partial charge is 0.406 e. The van der Waals surface area contributed by atoms with Gasteiger partial charge in [-0.25, -0.2) is 0 Å². The van der Waals surface area contributed by atoms with Gasteiger partial charge in [-0.1, -0.05) is 36.4 Å². The quantitative estimate of drug-likeness (QED) is 0.780. The number of halogens is 3. The highest BCUT2D eigenvalue weighted by atomic mass is 19.4. The van der Waals surface area contributed by atoms with Crippen LogP contribution in [0.2, 0.25) is 0 Å². The molecular formula is C19H19F3N2O3. The highest BCUT2D eigenvalue weighted by Gasteiger charge is 2.34. The van der Waals surface area contributed by atoms with Crippen molar-refractivity contribution >= 4 is 6.29 Å². The van der Waals surface area contributed by atoms with Crippen LogP contribution in [0.4, 0.5) is 13.2 Å². The number of benzene rings is 2. The largest absolute Gasteiger partial charge is 0.573 e. The van der Waals surface area contributed by atoms with Gasteiger partial charge in [0.2, 0.25) is 0 Å². The van der Waals surface area contributed by atoms with E-state index < -0.39 is 12.6 Å². The van der Waals surface area contributed by atoms with Gasteiger partial charge >= 0.3 is 6.36 Å². The third-order valence-corrected chi connectivity index (χ3v) is 4.31. The summed E-state index contributed by atoms with van der Waals surface area (Å²) in [5.41, 5.74) is 8.28. The lowest BCUT2D eigenvalue weighted by Gasteiger charge is -2.18. The highest BCUT2D eigenvalue weighted by molar-refractivity contribution is 5.56. The number of ether oxygens (including phenoxy) is 2. The van der Waals surface area contributed by atoms with E-state index in [1.807, 2.05) is 29.2 Å². The number of nitrogens with two attached hydrogens (primary N) is 1. The summed E-state index contributed by atoms with van der Waals surface area (Å²) in [6.45, 7) is 1.31. The van der Waals surface area contributed by atoms with Crippen LogP contribution in [0, 0.1) is 0 Å². The van der Waals surface area contributed by atoms with Crippen molar-refractivity contribution in [1.29, 1.82) is 0 Å². The van der Waals surface area contributed by atoms with E-state index in [1.165, 1.54) is 24.3 Å². The lowest BCUT2D eigenvalue weighted by atomic mass is 10.1. The molecule has 0 radical (unpaired) electrons. The molecule has 2 atom stereocenters. The lowest BCUT2D eigenvalue weighted by molar-refractivity contribution is -0.274. The minimum Gasteiger partial charge on any atom is -0.406 e. The van der Waals surface area contributed by atoms with Crippen LogP contribution >= 0.6 is 0 Å². The summed E-state index contributed by atoms with van der Waals surface area (Å²) in [5.74, 6) is -0.284. The number of hydrogen-bond acceptors (Lipinski definition) is 5. The molecule has 0 saturated carbocycles. The fraction of sp³-hybridized carbons (Fsp3) is 0.316. The first-order valence-corrected chi connectivity index (χ1v) is 8.36. The van der Waals surface area contributed by atoms with Crippen LogP contribution in [0.5, 0.6) is 5.75 Å². The van der Waals surface area contributed by atoms with E-state index in [2.05, 4.69) is 4.74 Å². The molecule has 2 aromatic rings. The van der Waals surface area contributed by atoms with Crippen LogP contribution in [-0.2, 0) is 22.6 Å². The molecule has 1 aliphatic rings. The molecule has 2 aromatic carbocycles. The van der Waals surface area contributed by atoms with Crippen LogP contribution in [0.3, 0.4) is 0 Å². The number of carbonyl (C=O) groups excluding carboxylic acids is 1. The van der Waals surface area contributed by atoms with Gasteiger partial charge in [0.25, 0.3) is 0 Å². The summed E-state index contributed by atoms with van der Waals surface area (Å²) < 4.78 is 46.3. The fourth-order valence-corrected chi connectivity index (χ4v) is 2.97. The van der Waals surface area contributed by atoms with Gasteiger partial charge in [0.1, 0.15) is 5.75 Å². The molecule has 0 spiro atoms. The molecule has 0 aliphatic carbocycles. The fourth-order valence-electron chi connectivity index (χ4n) is 2.97. The maximum absolute atomic E-state index is 12.2. The Morgan fingerprint density at radius 2 is 1.74 bits per heavy atom. The molecule has 2 unspecified atom stereocenters. The Hall–Kier alpha value is -2.42. The van der Waals surface area contributed by atoms with E-state index in [0.29, 0.717) is 19.6 Å². The van der Waals surface area contributed by atoms with E-state index >= 15 is 0 Å². The minimum absolute atomic E-state index is 0.264. The summed E-state index contributed by atoms with van der Waals surface area (Å²) in [6, 6.07) is 13.2. The van der Waals surface area contributed by atoms with Crippen LogP contribution in [0.15, 0.2) is 48.5 Å². The van der Waals surface area contributed by atoms with Crippen molar-refractivity contribution in [3.63, 3.8) is 0 Å². The monoisotopic (exact) mass is 380 g/mol. The van der Waals surface area contributed by atoms with Gasteiger partial charge in [-0.3, -0.25) is 9.69 Å².